The highest BCUT2D eigenvalue weighted by molar-refractivity contribution is 5.27. The fourth-order valence-electron chi connectivity index (χ4n) is 1.28. The second-order valence-electron chi connectivity index (χ2n) is 3.52. The Morgan fingerprint density at radius 1 is 1.25 bits per heavy atom. The van der Waals surface area contributed by atoms with Gasteiger partial charge in [0.2, 0.25) is 0 Å². The molecular formula is C14H19NO. The Morgan fingerprint density at radius 2 is 2.00 bits per heavy atom. The van der Waals surface area contributed by atoms with Crippen molar-refractivity contribution in [3.8, 4) is 17.6 Å². The highest BCUT2D eigenvalue weighted by Crippen LogP contribution is 2.12. The molecule has 2 heteroatoms. The van der Waals surface area contributed by atoms with Crippen LogP contribution in [0, 0.1) is 11.8 Å². The number of hydrogen-bond acceptors (Lipinski definition) is 2. The molecule has 0 heterocycles. The van der Waals surface area contributed by atoms with Crippen LogP contribution in [0.2, 0.25) is 0 Å². The number of rotatable bonds is 6. The number of nitrogens with one attached hydrogen (secondary N) is 1. The molecule has 0 fully saturated rings. The van der Waals surface area contributed by atoms with Crippen molar-refractivity contribution in [2.75, 3.05) is 13.2 Å². The van der Waals surface area contributed by atoms with E-state index in [9.17, 15) is 0 Å². The third-order valence-corrected chi connectivity index (χ3v) is 2.12. The molecule has 0 atom stereocenters. The van der Waals surface area contributed by atoms with Crippen LogP contribution in [0.1, 0.15) is 25.8 Å². The summed E-state index contributed by atoms with van der Waals surface area (Å²) >= 11 is 0. The Bertz CT molecular complexity index is 345. The molecule has 0 bridgehead atoms. The molecule has 1 rings (SSSR count). The molecule has 0 saturated carbocycles. The fraction of sp³-hybridized carbons (Fsp3) is 0.429. The molecule has 0 amide bonds. The first-order chi connectivity index (χ1) is 7.86. The minimum absolute atomic E-state index is 0.741. The van der Waals surface area contributed by atoms with Crippen LogP contribution in [0.3, 0.4) is 0 Å². The van der Waals surface area contributed by atoms with Crippen molar-refractivity contribution in [3.63, 3.8) is 0 Å². The van der Waals surface area contributed by atoms with E-state index in [1.165, 1.54) is 5.56 Å². The van der Waals surface area contributed by atoms with Gasteiger partial charge in [-0.3, -0.25) is 0 Å². The van der Waals surface area contributed by atoms with Crippen LogP contribution in [-0.4, -0.2) is 13.2 Å². The van der Waals surface area contributed by atoms with Gasteiger partial charge in [-0.25, -0.2) is 0 Å². The van der Waals surface area contributed by atoms with Crippen LogP contribution in [0.25, 0.3) is 0 Å². The van der Waals surface area contributed by atoms with Gasteiger partial charge in [0.25, 0.3) is 0 Å². The molecule has 1 aromatic carbocycles. The molecule has 0 aromatic heterocycles. The molecule has 86 valence electrons. The summed E-state index contributed by atoms with van der Waals surface area (Å²) in [5, 5.41) is 3.25. The lowest BCUT2D eigenvalue weighted by Crippen LogP contribution is -2.12. The summed E-state index contributed by atoms with van der Waals surface area (Å²) in [4.78, 5) is 0. The smallest absolute Gasteiger partial charge is 0.119 e. The van der Waals surface area contributed by atoms with Crippen molar-refractivity contribution in [2.45, 2.75) is 26.8 Å². The van der Waals surface area contributed by atoms with E-state index in [4.69, 9.17) is 4.74 Å². The standard InChI is InChI=1S/C14H19NO/c1-3-5-10-15-12-13-6-8-14(9-7-13)16-11-4-2/h6-9,15H,4,10-12H2,1-2H3. The Labute approximate surface area is 98.0 Å². The van der Waals surface area contributed by atoms with Crippen LogP contribution < -0.4 is 10.1 Å². The van der Waals surface area contributed by atoms with Gasteiger partial charge in [-0.2, -0.15) is 0 Å². The molecular weight excluding hydrogens is 198 g/mol. The molecule has 0 radical (unpaired) electrons. The monoisotopic (exact) mass is 217 g/mol. The number of ether oxygens (including phenoxy) is 1. The Kier molecular flexibility index (Phi) is 6.13. The molecule has 0 unspecified atom stereocenters. The van der Waals surface area contributed by atoms with Gasteiger partial charge in [-0.05, 0) is 31.0 Å². The Hall–Kier alpha value is -1.46. The first kappa shape index (κ1) is 12.6. The first-order valence-electron chi connectivity index (χ1n) is 5.69. The average molecular weight is 217 g/mol. The average Bonchev–Trinajstić information content (AvgIpc) is 2.33. The summed E-state index contributed by atoms with van der Waals surface area (Å²) in [7, 11) is 0. The second-order valence-corrected chi connectivity index (χ2v) is 3.52. The molecule has 0 aliphatic carbocycles. The lowest BCUT2D eigenvalue weighted by molar-refractivity contribution is 0.317. The molecule has 2 nitrogen and oxygen atoms in total. The van der Waals surface area contributed by atoms with Gasteiger partial charge in [-0.15, -0.1) is 5.92 Å². The van der Waals surface area contributed by atoms with Gasteiger partial charge >= 0.3 is 0 Å². The van der Waals surface area contributed by atoms with Crippen molar-refractivity contribution in [1.29, 1.82) is 0 Å². The van der Waals surface area contributed by atoms with E-state index in [1.54, 1.807) is 0 Å². The van der Waals surface area contributed by atoms with Crippen LogP contribution >= 0.6 is 0 Å². The Balaban J connectivity index is 2.34. The lowest BCUT2D eigenvalue weighted by Gasteiger charge is -2.06. The quantitative estimate of drug-likeness (QED) is 0.584. The summed E-state index contributed by atoms with van der Waals surface area (Å²) in [6, 6.07) is 8.19. The van der Waals surface area contributed by atoms with Crippen molar-refractivity contribution >= 4 is 0 Å². The lowest BCUT2D eigenvalue weighted by atomic mass is 10.2. The topological polar surface area (TPSA) is 21.3 Å². The third-order valence-electron chi connectivity index (χ3n) is 2.12. The zero-order valence-corrected chi connectivity index (χ0v) is 10.0. The van der Waals surface area contributed by atoms with E-state index in [0.717, 1.165) is 31.9 Å². The van der Waals surface area contributed by atoms with Crippen molar-refractivity contribution in [2.24, 2.45) is 0 Å². The van der Waals surface area contributed by atoms with Crippen LogP contribution in [-0.2, 0) is 6.54 Å². The molecule has 0 spiro atoms. The van der Waals surface area contributed by atoms with Crippen LogP contribution in [0.5, 0.6) is 5.75 Å². The second kappa shape index (κ2) is 7.78. The zero-order chi connectivity index (χ0) is 11.6. The maximum atomic E-state index is 5.51. The SMILES string of the molecule is CC#CCNCc1ccc(OCCC)cc1. The Morgan fingerprint density at radius 3 is 2.62 bits per heavy atom. The largest absolute Gasteiger partial charge is 0.494 e. The van der Waals surface area contributed by atoms with E-state index in [-0.39, 0.29) is 0 Å². The van der Waals surface area contributed by atoms with Gasteiger partial charge in [0.1, 0.15) is 5.75 Å². The van der Waals surface area contributed by atoms with E-state index in [1.807, 2.05) is 19.1 Å². The predicted octanol–water partition coefficient (Wildman–Crippen LogP) is 2.59. The van der Waals surface area contributed by atoms with E-state index in [0.29, 0.717) is 0 Å². The summed E-state index contributed by atoms with van der Waals surface area (Å²) in [5.41, 5.74) is 1.25. The third kappa shape index (κ3) is 4.86. The van der Waals surface area contributed by atoms with Gasteiger partial charge in [-0.1, -0.05) is 25.0 Å². The van der Waals surface area contributed by atoms with Gasteiger partial charge < -0.3 is 10.1 Å². The maximum Gasteiger partial charge on any atom is 0.119 e. The minimum Gasteiger partial charge on any atom is -0.494 e. The molecule has 1 N–H and O–H groups in total. The highest BCUT2D eigenvalue weighted by Gasteiger charge is 1.94. The fourth-order valence-corrected chi connectivity index (χ4v) is 1.28. The van der Waals surface area contributed by atoms with Gasteiger partial charge in [0.15, 0.2) is 0 Å². The van der Waals surface area contributed by atoms with E-state index in [2.05, 4.69) is 36.2 Å². The molecule has 0 aliphatic heterocycles. The summed E-state index contributed by atoms with van der Waals surface area (Å²) in [6.45, 7) is 6.33. The number of benzene rings is 1. The molecule has 1 aromatic rings. The van der Waals surface area contributed by atoms with Crippen molar-refractivity contribution in [3.05, 3.63) is 29.8 Å². The zero-order valence-electron chi connectivity index (χ0n) is 10.0. The van der Waals surface area contributed by atoms with Gasteiger partial charge in [0, 0.05) is 6.54 Å². The van der Waals surface area contributed by atoms with E-state index >= 15 is 0 Å². The number of hydrogen-bond donors (Lipinski definition) is 1. The van der Waals surface area contributed by atoms with Gasteiger partial charge in [0.05, 0.1) is 13.2 Å². The molecule has 16 heavy (non-hydrogen) atoms. The van der Waals surface area contributed by atoms with Crippen molar-refractivity contribution in [1.82, 2.24) is 5.32 Å². The van der Waals surface area contributed by atoms with E-state index < -0.39 is 0 Å². The normalized spacial score (nSPS) is 9.38. The van der Waals surface area contributed by atoms with Crippen molar-refractivity contribution < 1.29 is 4.74 Å². The minimum atomic E-state index is 0.741. The highest BCUT2D eigenvalue weighted by atomic mass is 16.5. The van der Waals surface area contributed by atoms with Crippen LogP contribution in [0.4, 0.5) is 0 Å². The summed E-state index contributed by atoms with van der Waals surface area (Å²) in [5.74, 6) is 6.77. The summed E-state index contributed by atoms with van der Waals surface area (Å²) < 4.78 is 5.51. The maximum absolute atomic E-state index is 5.51. The van der Waals surface area contributed by atoms with Crippen LogP contribution in [0.15, 0.2) is 24.3 Å². The molecule has 0 aliphatic rings. The predicted molar refractivity (Wildman–Crippen MR) is 67.4 cm³/mol. The molecule has 0 saturated heterocycles. The summed E-state index contributed by atoms with van der Waals surface area (Å²) in [6.07, 6.45) is 1.04. The first-order valence-corrected chi connectivity index (χ1v) is 5.69.